The van der Waals surface area contributed by atoms with Crippen molar-refractivity contribution in [2.24, 2.45) is 5.92 Å². The molecule has 10 heteroatoms. The quantitative estimate of drug-likeness (QED) is 0.441. The number of carbonyl (C=O) groups excluding carboxylic acids is 2. The first-order valence-corrected chi connectivity index (χ1v) is 14.0. The topological polar surface area (TPSA) is 96.0 Å². The molecule has 0 heterocycles. The highest BCUT2D eigenvalue weighted by molar-refractivity contribution is 7.92. The molecule has 2 rings (SSSR count). The zero-order valence-corrected chi connectivity index (χ0v) is 23.3. The van der Waals surface area contributed by atoms with Crippen molar-refractivity contribution < 1.29 is 22.7 Å². The third-order valence-electron chi connectivity index (χ3n) is 5.62. The summed E-state index contributed by atoms with van der Waals surface area (Å²) in [6, 6.07) is 11.3. The molecule has 0 aliphatic rings. The molecule has 1 atom stereocenters. The van der Waals surface area contributed by atoms with Crippen molar-refractivity contribution >= 4 is 39.1 Å². The van der Waals surface area contributed by atoms with Gasteiger partial charge in [0.2, 0.25) is 21.8 Å². The number of methoxy groups -OCH3 is 1. The number of sulfonamides is 1. The van der Waals surface area contributed by atoms with Crippen LogP contribution < -0.4 is 14.4 Å². The van der Waals surface area contributed by atoms with E-state index in [-0.39, 0.29) is 24.1 Å². The summed E-state index contributed by atoms with van der Waals surface area (Å²) in [5.74, 6) is -0.232. The van der Waals surface area contributed by atoms with Gasteiger partial charge in [-0.25, -0.2) is 8.42 Å². The van der Waals surface area contributed by atoms with Crippen LogP contribution in [0.15, 0.2) is 42.5 Å². The Bertz CT molecular complexity index is 1150. The van der Waals surface area contributed by atoms with E-state index >= 15 is 0 Å². The van der Waals surface area contributed by atoms with Gasteiger partial charge in [0, 0.05) is 18.1 Å². The zero-order chi connectivity index (χ0) is 27.0. The van der Waals surface area contributed by atoms with Crippen molar-refractivity contribution in [3.63, 3.8) is 0 Å². The first-order chi connectivity index (χ1) is 16.9. The van der Waals surface area contributed by atoms with Crippen LogP contribution in [-0.2, 0) is 26.2 Å². The Morgan fingerprint density at radius 2 is 1.75 bits per heavy atom. The molecule has 0 saturated heterocycles. The Labute approximate surface area is 219 Å². The van der Waals surface area contributed by atoms with Gasteiger partial charge in [-0.15, -0.1) is 0 Å². The SMILES string of the molecule is CC[C@H](C(=O)NCC(C)C)N(Cc1ccc(Cl)cc1)C(=O)CN(c1cc(C)ccc1OC)S(C)(=O)=O. The summed E-state index contributed by atoms with van der Waals surface area (Å²) in [4.78, 5) is 28.3. The molecule has 198 valence electrons. The van der Waals surface area contributed by atoms with Gasteiger partial charge >= 0.3 is 0 Å². The number of carbonyl (C=O) groups is 2. The number of rotatable bonds is 12. The fourth-order valence-electron chi connectivity index (χ4n) is 3.72. The minimum atomic E-state index is -3.86. The van der Waals surface area contributed by atoms with Crippen molar-refractivity contribution in [1.82, 2.24) is 10.2 Å². The summed E-state index contributed by atoms with van der Waals surface area (Å²) in [5, 5.41) is 3.45. The van der Waals surface area contributed by atoms with Crippen LogP contribution in [0.2, 0.25) is 5.02 Å². The average molecular weight is 538 g/mol. The highest BCUT2D eigenvalue weighted by atomic mass is 35.5. The van der Waals surface area contributed by atoms with Crippen LogP contribution in [0.25, 0.3) is 0 Å². The van der Waals surface area contributed by atoms with E-state index in [2.05, 4.69) is 5.32 Å². The Balaban J connectivity index is 2.48. The van der Waals surface area contributed by atoms with E-state index in [0.717, 1.165) is 21.7 Å². The Morgan fingerprint density at radius 3 is 2.28 bits per heavy atom. The second kappa shape index (κ2) is 13.0. The number of ether oxygens (including phenoxy) is 1. The number of nitrogens with zero attached hydrogens (tertiary/aromatic N) is 2. The van der Waals surface area contributed by atoms with Crippen LogP contribution in [0.5, 0.6) is 5.75 Å². The highest BCUT2D eigenvalue weighted by Crippen LogP contribution is 2.31. The lowest BCUT2D eigenvalue weighted by atomic mass is 10.1. The summed E-state index contributed by atoms with van der Waals surface area (Å²) in [7, 11) is -2.42. The molecule has 0 aliphatic heterocycles. The van der Waals surface area contributed by atoms with Crippen molar-refractivity contribution in [3.05, 3.63) is 58.6 Å². The molecule has 1 N–H and O–H groups in total. The predicted octanol–water partition coefficient (Wildman–Crippen LogP) is 4.00. The second-order valence-electron chi connectivity index (χ2n) is 9.16. The standard InChI is InChI=1S/C26H36ClN3O5S/c1-7-22(26(32)28-15-18(2)3)29(16-20-9-11-21(27)12-10-20)25(31)17-30(36(6,33)34)23-14-19(4)8-13-24(23)35-5/h8-14,18,22H,7,15-17H2,1-6H3,(H,28,32)/t22-/m1/s1. The van der Waals surface area contributed by atoms with Gasteiger partial charge in [0.1, 0.15) is 18.3 Å². The van der Waals surface area contributed by atoms with Crippen molar-refractivity contribution in [2.75, 3.05) is 30.8 Å². The van der Waals surface area contributed by atoms with E-state index in [4.69, 9.17) is 16.3 Å². The van der Waals surface area contributed by atoms with Gasteiger partial charge in [-0.05, 0) is 54.7 Å². The summed E-state index contributed by atoms with van der Waals surface area (Å²) in [6.45, 7) is 7.71. The second-order valence-corrected chi connectivity index (χ2v) is 11.5. The Hall–Kier alpha value is -2.78. The van der Waals surface area contributed by atoms with Crippen LogP contribution in [0.4, 0.5) is 5.69 Å². The van der Waals surface area contributed by atoms with Gasteiger partial charge in [-0.1, -0.05) is 50.6 Å². The summed E-state index contributed by atoms with van der Waals surface area (Å²) in [5.41, 5.74) is 1.84. The van der Waals surface area contributed by atoms with Crippen molar-refractivity contribution in [2.45, 2.75) is 46.7 Å². The number of anilines is 1. The Kier molecular flexibility index (Phi) is 10.6. The maximum atomic E-state index is 13.7. The maximum Gasteiger partial charge on any atom is 0.244 e. The molecular formula is C26H36ClN3O5S. The number of hydrogen-bond donors (Lipinski definition) is 1. The highest BCUT2D eigenvalue weighted by Gasteiger charge is 2.32. The van der Waals surface area contributed by atoms with Gasteiger partial charge in [0.15, 0.2) is 0 Å². The van der Waals surface area contributed by atoms with E-state index in [9.17, 15) is 18.0 Å². The average Bonchev–Trinajstić information content (AvgIpc) is 2.81. The number of benzene rings is 2. The molecule has 0 spiro atoms. The number of aryl methyl sites for hydroxylation is 1. The zero-order valence-electron chi connectivity index (χ0n) is 21.7. The summed E-state index contributed by atoms with van der Waals surface area (Å²) in [6.07, 6.45) is 1.40. The minimum Gasteiger partial charge on any atom is -0.495 e. The Morgan fingerprint density at radius 1 is 1.11 bits per heavy atom. The molecule has 2 aromatic rings. The van der Waals surface area contributed by atoms with E-state index < -0.39 is 28.5 Å². The molecule has 0 unspecified atom stereocenters. The van der Waals surface area contributed by atoms with Crippen LogP contribution in [0, 0.1) is 12.8 Å². The van der Waals surface area contributed by atoms with Gasteiger partial charge in [-0.3, -0.25) is 13.9 Å². The normalized spacial score (nSPS) is 12.2. The molecule has 2 amide bonds. The van der Waals surface area contributed by atoms with E-state index in [1.165, 1.54) is 12.0 Å². The van der Waals surface area contributed by atoms with Crippen LogP contribution in [0.3, 0.4) is 0 Å². The molecule has 36 heavy (non-hydrogen) atoms. The number of halogens is 1. The molecular weight excluding hydrogens is 502 g/mol. The smallest absolute Gasteiger partial charge is 0.244 e. The molecule has 0 fully saturated rings. The molecule has 0 saturated carbocycles. The van der Waals surface area contributed by atoms with Crippen LogP contribution in [0.1, 0.15) is 38.3 Å². The minimum absolute atomic E-state index is 0.117. The number of hydrogen-bond acceptors (Lipinski definition) is 5. The molecule has 8 nitrogen and oxygen atoms in total. The summed E-state index contributed by atoms with van der Waals surface area (Å²) >= 11 is 6.02. The van der Waals surface area contributed by atoms with E-state index in [1.807, 2.05) is 27.7 Å². The van der Waals surface area contributed by atoms with Gasteiger partial charge < -0.3 is 15.0 Å². The first kappa shape index (κ1) is 29.5. The van der Waals surface area contributed by atoms with Crippen LogP contribution in [-0.4, -0.2) is 57.6 Å². The molecule has 0 radical (unpaired) electrons. The third kappa shape index (κ3) is 8.13. The van der Waals surface area contributed by atoms with Gasteiger partial charge in [0.25, 0.3) is 0 Å². The summed E-state index contributed by atoms with van der Waals surface area (Å²) < 4.78 is 32.0. The number of nitrogens with one attached hydrogen (secondary N) is 1. The largest absolute Gasteiger partial charge is 0.495 e. The van der Waals surface area contributed by atoms with Crippen LogP contribution >= 0.6 is 11.6 Å². The fraction of sp³-hybridized carbons (Fsp3) is 0.462. The van der Waals surface area contributed by atoms with Crippen molar-refractivity contribution in [3.8, 4) is 5.75 Å². The monoisotopic (exact) mass is 537 g/mol. The van der Waals surface area contributed by atoms with Gasteiger partial charge in [0.05, 0.1) is 19.1 Å². The number of amides is 2. The maximum absolute atomic E-state index is 13.7. The van der Waals surface area contributed by atoms with E-state index in [0.29, 0.717) is 23.7 Å². The molecule has 0 aliphatic carbocycles. The van der Waals surface area contributed by atoms with Crippen molar-refractivity contribution in [1.29, 1.82) is 0 Å². The third-order valence-corrected chi connectivity index (χ3v) is 7.00. The van der Waals surface area contributed by atoms with Gasteiger partial charge in [-0.2, -0.15) is 0 Å². The van der Waals surface area contributed by atoms with E-state index in [1.54, 1.807) is 42.5 Å². The fourth-order valence-corrected chi connectivity index (χ4v) is 4.69. The molecule has 0 aromatic heterocycles. The lowest BCUT2D eigenvalue weighted by molar-refractivity contribution is -0.140. The lowest BCUT2D eigenvalue weighted by Gasteiger charge is -2.33. The predicted molar refractivity (Wildman–Crippen MR) is 144 cm³/mol. The molecule has 2 aromatic carbocycles. The molecule has 0 bridgehead atoms. The lowest BCUT2D eigenvalue weighted by Crippen LogP contribution is -2.52. The first-order valence-electron chi connectivity index (χ1n) is 11.8.